The van der Waals surface area contributed by atoms with E-state index in [1.54, 1.807) is 0 Å². The number of phosphoric acid groups is 1. The Bertz CT molecular complexity index is 1190. The average molecular weight is 999 g/mol. The molecule has 0 spiro atoms. The number of quaternary nitrogens is 1. The average Bonchev–Trinajstić information content (AvgIpc) is 3.31. The van der Waals surface area contributed by atoms with Crippen LogP contribution in [0.3, 0.4) is 0 Å². The van der Waals surface area contributed by atoms with E-state index in [9.17, 15) is 19.0 Å². The monoisotopic (exact) mass is 998 g/mol. The van der Waals surface area contributed by atoms with Crippen molar-refractivity contribution in [3.8, 4) is 0 Å². The van der Waals surface area contributed by atoms with Gasteiger partial charge in [-0.3, -0.25) is 18.6 Å². The van der Waals surface area contributed by atoms with Crippen molar-refractivity contribution < 1.29 is 37.3 Å². The van der Waals surface area contributed by atoms with Crippen LogP contribution < -0.4 is 5.32 Å². The van der Waals surface area contributed by atoms with Crippen molar-refractivity contribution >= 4 is 19.7 Å². The Kier molecular flexibility index (Phi) is 49.4. The van der Waals surface area contributed by atoms with Crippen LogP contribution in [-0.4, -0.2) is 74.3 Å². The molecule has 2 N–H and O–H groups in total. The van der Waals surface area contributed by atoms with Crippen LogP contribution in [0, 0.1) is 0 Å². The first kappa shape index (κ1) is 67.8. The van der Waals surface area contributed by atoms with Crippen molar-refractivity contribution in [2.24, 2.45) is 0 Å². The lowest BCUT2D eigenvalue weighted by Gasteiger charge is -2.27. The van der Waals surface area contributed by atoms with Crippen molar-refractivity contribution in [2.45, 2.75) is 315 Å². The summed E-state index contributed by atoms with van der Waals surface area (Å²) in [5, 5.41) is 3.06. The minimum absolute atomic E-state index is 0.0454. The fraction of sp³-hybridized carbons (Fsp3) is 0.932. The van der Waals surface area contributed by atoms with Crippen LogP contribution in [0.25, 0.3) is 0 Å². The van der Waals surface area contributed by atoms with E-state index in [2.05, 4.69) is 26.1 Å². The predicted octanol–water partition coefficient (Wildman–Crippen LogP) is 18.0. The fourth-order valence-electron chi connectivity index (χ4n) is 9.06. The van der Waals surface area contributed by atoms with E-state index in [1.165, 1.54) is 212 Å². The number of carbonyl (C=O) groups is 2. The van der Waals surface area contributed by atoms with Crippen molar-refractivity contribution in [1.82, 2.24) is 5.32 Å². The number of hydrogen-bond acceptors (Lipinski definition) is 6. The number of esters is 1. The second-order valence-electron chi connectivity index (χ2n) is 21.9. The number of nitrogens with zero attached hydrogens (tertiary/aromatic N) is 1. The summed E-state index contributed by atoms with van der Waals surface area (Å²) >= 11 is 0. The van der Waals surface area contributed by atoms with Crippen LogP contribution in [0.5, 0.6) is 0 Å². The molecule has 0 aromatic rings. The summed E-state index contributed by atoms with van der Waals surface area (Å²) in [7, 11) is 1.52. The summed E-state index contributed by atoms with van der Waals surface area (Å²) in [6, 6.07) is -0.837. The molecule has 10 heteroatoms. The van der Waals surface area contributed by atoms with Gasteiger partial charge >= 0.3 is 13.8 Å². The molecule has 0 heterocycles. The lowest BCUT2D eigenvalue weighted by molar-refractivity contribution is -0.870. The number of likely N-dealkylation sites (N-methyl/N-ethyl adjacent to an activating group) is 1. The third-order valence-electron chi connectivity index (χ3n) is 13.7. The number of carbonyl (C=O) groups excluding carboxylic acids is 2. The molecular formula is C59H118N2O7P+. The lowest BCUT2D eigenvalue weighted by Crippen LogP contribution is -2.47. The second kappa shape index (κ2) is 50.3. The SMILES string of the molecule is CCCCCCCCCCC/C=C\C(OC(=O)CCCCCCCCCCCCC)C(COP(=O)(O)OCC[N+](C)(C)C)NC(=O)CCCCCCCCCCCCCCCCCCCCCCC. The van der Waals surface area contributed by atoms with E-state index >= 15 is 0 Å². The van der Waals surface area contributed by atoms with Gasteiger partial charge < -0.3 is 19.4 Å². The Hall–Kier alpha value is -1.25. The number of rotatable bonds is 55. The Morgan fingerprint density at radius 3 is 1.19 bits per heavy atom. The summed E-state index contributed by atoms with van der Waals surface area (Å²) in [5.41, 5.74) is 0. The number of unbranched alkanes of at least 4 members (excludes halogenated alkanes) is 39. The largest absolute Gasteiger partial charge is 0.472 e. The molecule has 0 aliphatic heterocycles. The highest BCUT2D eigenvalue weighted by molar-refractivity contribution is 7.47. The van der Waals surface area contributed by atoms with Crippen LogP contribution in [0.15, 0.2) is 12.2 Å². The highest BCUT2D eigenvalue weighted by atomic mass is 31.2. The summed E-state index contributed by atoms with van der Waals surface area (Å²) in [5.74, 6) is -0.488. The summed E-state index contributed by atoms with van der Waals surface area (Å²) in [6.45, 7) is 7.04. The van der Waals surface area contributed by atoms with Gasteiger partial charge in [-0.05, 0) is 31.8 Å². The van der Waals surface area contributed by atoms with Crippen molar-refractivity contribution in [3.05, 3.63) is 12.2 Å². The minimum atomic E-state index is -4.43. The quantitative estimate of drug-likeness (QED) is 0.0205. The molecule has 0 aromatic carbocycles. The first-order valence-electron chi connectivity index (χ1n) is 30.0. The Balaban J connectivity index is 5.11. The summed E-state index contributed by atoms with van der Waals surface area (Å²) in [6.07, 6.45) is 56.4. The zero-order valence-corrected chi connectivity index (χ0v) is 47.7. The van der Waals surface area contributed by atoms with Gasteiger partial charge in [-0.1, -0.05) is 271 Å². The van der Waals surface area contributed by atoms with Crippen LogP contribution in [0.2, 0.25) is 0 Å². The minimum Gasteiger partial charge on any atom is -0.456 e. The van der Waals surface area contributed by atoms with Crippen molar-refractivity contribution in [1.29, 1.82) is 0 Å². The molecule has 410 valence electrons. The third-order valence-corrected chi connectivity index (χ3v) is 14.7. The number of ether oxygens (including phenoxy) is 1. The highest BCUT2D eigenvalue weighted by Gasteiger charge is 2.30. The Morgan fingerprint density at radius 2 is 0.826 bits per heavy atom. The third kappa shape index (κ3) is 51.5. The zero-order valence-electron chi connectivity index (χ0n) is 46.8. The van der Waals surface area contributed by atoms with Crippen LogP contribution in [0.1, 0.15) is 303 Å². The van der Waals surface area contributed by atoms with Crippen molar-refractivity contribution in [2.75, 3.05) is 40.9 Å². The maximum Gasteiger partial charge on any atom is 0.472 e. The molecule has 0 aromatic heterocycles. The molecule has 0 bridgehead atoms. The van der Waals surface area contributed by atoms with Gasteiger partial charge in [0.05, 0.1) is 33.8 Å². The molecule has 0 saturated carbocycles. The van der Waals surface area contributed by atoms with E-state index in [1.807, 2.05) is 33.3 Å². The maximum atomic E-state index is 13.5. The van der Waals surface area contributed by atoms with Gasteiger partial charge in [0.2, 0.25) is 5.91 Å². The van der Waals surface area contributed by atoms with E-state index in [4.69, 9.17) is 13.8 Å². The highest BCUT2D eigenvalue weighted by Crippen LogP contribution is 2.43. The molecule has 0 saturated heterocycles. The molecule has 69 heavy (non-hydrogen) atoms. The normalized spacial score (nSPS) is 13.8. The van der Waals surface area contributed by atoms with E-state index in [0.717, 1.165) is 57.8 Å². The molecule has 0 rings (SSSR count). The van der Waals surface area contributed by atoms with Gasteiger partial charge in [-0.2, -0.15) is 0 Å². The number of phosphoric ester groups is 1. The first-order chi connectivity index (χ1) is 33.4. The van der Waals surface area contributed by atoms with Crippen LogP contribution in [-0.2, 0) is 27.9 Å². The molecule has 0 fully saturated rings. The summed E-state index contributed by atoms with van der Waals surface area (Å²) < 4.78 is 30.6. The topological polar surface area (TPSA) is 111 Å². The first-order valence-corrected chi connectivity index (χ1v) is 31.5. The van der Waals surface area contributed by atoms with Gasteiger partial charge in [-0.25, -0.2) is 4.57 Å². The second-order valence-corrected chi connectivity index (χ2v) is 23.3. The molecule has 0 aliphatic rings. The number of allylic oxidation sites excluding steroid dienone is 1. The molecule has 0 radical (unpaired) electrons. The summed E-state index contributed by atoms with van der Waals surface area (Å²) in [4.78, 5) is 37.5. The Labute approximate surface area is 429 Å². The van der Waals surface area contributed by atoms with E-state index < -0.39 is 20.0 Å². The molecule has 3 atom stereocenters. The predicted molar refractivity (Wildman–Crippen MR) is 296 cm³/mol. The van der Waals surface area contributed by atoms with Crippen molar-refractivity contribution in [3.63, 3.8) is 0 Å². The molecule has 0 aliphatic carbocycles. The zero-order chi connectivity index (χ0) is 50.8. The van der Waals surface area contributed by atoms with Crippen LogP contribution in [0.4, 0.5) is 0 Å². The van der Waals surface area contributed by atoms with Crippen LogP contribution >= 0.6 is 7.82 Å². The van der Waals surface area contributed by atoms with Gasteiger partial charge in [0.1, 0.15) is 19.3 Å². The molecular weight excluding hydrogens is 880 g/mol. The smallest absolute Gasteiger partial charge is 0.456 e. The van der Waals surface area contributed by atoms with E-state index in [0.29, 0.717) is 23.9 Å². The van der Waals surface area contributed by atoms with Gasteiger partial charge in [0.25, 0.3) is 0 Å². The standard InChI is InChI=1S/C59H117N2O7P/c1-7-10-13-16-19-22-25-26-27-28-29-30-31-32-33-34-37-39-42-45-48-51-58(62)60-56(55-67-69(64,65)66-54-53-61(4,5)6)57(50-47-44-41-38-35-23-20-17-14-11-8-2)68-59(63)52-49-46-43-40-36-24-21-18-15-12-9-3/h47,50,56-57H,7-46,48-49,51-55H2,1-6H3,(H-,60,62,64,65)/p+1/b50-47-. The number of amides is 1. The molecule has 3 unspecified atom stereocenters. The van der Waals surface area contributed by atoms with Gasteiger partial charge in [0, 0.05) is 12.8 Å². The Morgan fingerprint density at radius 1 is 0.493 bits per heavy atom. The molecule has 1 amide bonds. The van der Waals surface area contributed by atoms with Gasteiger partial charge in [0.15, 0.2) is 0 Å². The van der Waals surface area contributed by atoms with Gasteiger partial charge in [-0.15, -0.1) is 0 Å². The maximum absolute atomic E-state index is 13.5. The molecule has 9 nitrogen and oxygen atoms in total. The lowest BCUT2D eigenvalue weighted by atomic mass is 10.0. The number of hydrogen-bond donors (Lipinski definition) is 2. The number of nitrogens with one attached hydrogen (secondary N) is 1. The fourth-order valence-corrected chi connectivity index (χ4v) is 9.80. The van der Waals surface area contributed by atoms with E-state index in [-0.39, 0.29) is 25.1 Å².